The van der Waals surface area contributed by atoms with Gasteiger partial charge in [-0.05, 0) is 31.2 Å². The van der Waals surface area contributed by atoms with Crippen LogP contribution < -0.4 is 10.6 Å². The maximum Gasteiger partial charge on any atom is 0.244 e. The molecule has 8 nitrogen and oxygen atoms in total. The summed E-state index contributed by atoms with van der Waals surface area (Å²) in [6, 6.07) is 6.34. The predicted molar refractivity (Wildman–Crippen MR) is 103 cm³/mol. The number of nitrogen functional groups attached to an aromatic ring is 1. The van der Waals surface area contributed by atoms with Crippen LogP contribution in [0.25, 0.3) is 0 Å². The van der Waals surface area contributed by atoms with Crippen LogP contribution in [0.3, 0.4) is 0 Å². The molecule has 28 heavy (non-hydrogen) atoms. The van der Waals surface area contributed by atoms with Crippen molar-refractivity contribution in [3.05, 3.63) is 41.3 Å². The van der Waals surface area contributed by atoms with Crippen molar-refractivity contribution in [3.8, 4) is 0 Å². The molecular formula is C19H24FN5O3. The molecule has 0 saturated carbocycles. The highest BCUT2D eigenvalue weighted by Gasteiger charge is 2.24. The quantitative estimate of drug-likeness (QED) is 0.744. The summed E-state index contributed by atoms with van der Waals surface area (Å²) in [5.74, 6) is -0.512. The number of Topliss-reactive ketones (excluding diaryl/α,β-unsaturated/α-hetero) is 1. The van der Waals surface area contributed by atoms with E-state index < -0.39 is 0 Å². The van der Waals surface area contributed by atoms with Crippen LogP contribution >= 0.6 is 0 Å². The number of benzene rings is 1. The Morgan fingerprint density at radius 1 is 1.18 bits per heavy atom. The van der Waals surface area contributed by atoms with Crippen molar-refractivity contribution in [1.82, 2.24) is 14.7 Å². The third-order valence-corrected chi connectivity index (χ3v) is 4.90. The lowest BCUT2D eigenvalue weighted by atomic mass is 10.1. The van der Waals surface area contributed by atoms with Crippen molar-refractivity contribution in [1.29, 1.82) is 0 Å². The number of piperazine rings is 1. The Kier molecular flexibility index (Phi) is 5.93. The number of anilines is 2. The number of methoxy groups -OCH3 is 1. The molecule has 3 rings (SSSR count). The highest BCUT2D eigenvalue weighted by Crippen LogP contribution is 2.19. The van der Waals surface area contributed by atoms with Crippen molar-refractivity contribution >= 4 is 23.2 Å². The fourth-order valence-electron chi connectivity index (χ4n) is 3.37. The summed E-state index contributed by atoms with van der Waals surface area (Å²) in [6.45, 7) is 4.09. The lowest BCUT2D eigenvalue weighted by Gasteiger charge is -2.36. The average molecular weight is 389 g/mol. The van der Waals surface area contributed by atoms with Gasteiger partial charge >= 0.3 is 0 Å². The molecule has 1 aliphatic heterocycles. The molecule has 2 aromatic rings. The number of carbonyl (C=O) groups excluding carboxylic acids is 2. The van der Waals surface area contributed by atoms with E-state index in [0.717, 1.165) is 5.69 Å². The van der Waals surface area contributed by atoms with E-state index in [1.165, 1.54) is 23.9 Å². The third-order valence-electron chi connectivity index (χ3n) is 4.90. The number of hydrogen-bond donors (Lipinski definition) is 1. The van der Waals surface area contributed by atoms with Gasteiger partial charge in [-0.2, -0.15) is 5.10 Å². The number of hydrogen-bond acceptors (Lipinski definition) is 6. The average Bonchev–Trinajstić information content (AvgIpc) is 2.96. The van der Waals surface area contributed by atoms with Gasteiger partial charge in [-0.15, -0.1) is 0 Å². The van der Waals surface area contributed by atoms with Crippen molar-refractivity contribution < 1.29 is 18.7 Å². The minimum Gasteiger partial charge on any atom is -0.382 e. The molecule has 2 heterocycles. The van der Waals surface area contributed by atoms with Crippen LogP contribution in [0.1, 0.15) is 16.1 Å². The number of ether oxygens (including phenoxy) is 1. The van der Waals surface area contributed by atoms with E-state index in [9.17, 15) is 14.0 Å². The number of ketones is 1. The lowest BCUT2D eigenvalue weighted by Crippen LogP contribution is -2.49. The van der Waals surface area contributed by atoms with Crippen molar-refractivity contribution in [2.24, 2.45) is 0 Å². The maximum atomic E-state index is 13.1. The molecule has 1 fully saturated rings. The third kappa shape index (κ3) is 4.14. The summed E-state index contributed by atoms with van der Waals surface area (Å²) in [5, 5.41) is 4.14. The summed E-state index contributed by atoms with van der Waals surface area (Å²) in [6.07, 6.45) is 0. The lowest BCUT2D eigenvalue weighted by molar-refractivity contribution is -0.132. The largest absolute Gasteiger partial charge is 0.382 e. The van der Waals surface area contributed by atoms with E-state index >= 15 is 0 Å². The highest BCUT2D eigenvalue weighted by molar-refractivity contribution is 6.02. The Balaban J connectivity index is 1.61. The molecule has 0 spiro atoms. The number of aromatic nitrogens is 2. The second kappa shape index (κ2) is 8.39. The van der Waals surface area contributed by atoms with Gasteiger partial charge in [-0.1, -0.05) is 0 Å². The highest BCUT2D eigenvalue weighted by atomic mass is 19.1. The molecule has 1 saturated heterocycles. The molecule has 1 aromatic heterocycles. The van der Waals surface area contributed by atoms with E-state index in [2.05, 4.69) is 10.00 Å². The van der Waals surface area contributed by atoms with Gasteiger partial charge in [0.1, 0.15) is 19.0 Å². The minimum absolute atomic E-state index is 0.0207. The van der Waals surface area contributed by atoms with Crippen LogP contribution in [-0.2, 0) is 16.1 Å². The van der Waals surface area contributed by atoms with Crippen LogP contribution in [0.5, 0.6) is 0 Å². The summed E-state index contributed by atoms with van der Waals surface area (Å²) >= 11 is 0. The normalized spacial score (nSPS) is 14.4. The zero-order valence-corrected chi connectivity index (χ0v) is 16.0. The predicted octanol–water partition coefficient (Wildman–Crippen LogP) is 1.09. The molecule has 1 amide bonds. The Labute approximate surface area is 162 Å². The SMILES string of the molecule is COCC(=O)c1c(N)nn(CC(=O)N2CCN(c3ccc(F)cc3)CC2)c1C. The fraction of sp³-hybridized carbons (Fsp3) is 0.421. The van der Waals surface area contributed by atoms with E-state index in [-0.39, 0.29) is 36.5 Å². The minimum atomic E-state index is -0.269. The van der Waals surface area contributed by atoms with Gasteiger partial charge in [-0.25, -0.2) is 4.39 Å². The topological polar surface area (TPSA) is 93.7 Å². The second-order valence-corrected chi connectivity index (χ2v) is 6.70. The monoisotopic (exact) mass is 389 g/mol. The first kappa shape index (κ1) is 19.8. The van der Waals surface area contributed by atoms with Gasteiger partial charge in [0.05, 0.1) is 5.56 Å². The molecule has 0 aliphatic carbocycles. The Morgan fingerprint density at radius 2 is 1.82 bits per heavy atom. The zero-order valence-electron chi connectivity index (χ0n) is 16.0. The van der Waals surface area contributed by atoms with Gasteiger partial charge < -0.3 is 20.3 Å². The summed E-state index contributed by atoms with van der Waals surface area (Å²) in [4.78, 5) is 28.6. The Bertz CT molecular complexity index is 857. The maximum absolute atomic E-state index is 13.1. The van der Waals surface area contributed by atoms with Crippen LogP contribution in [0.4, 0.5) is 15.9 Å². The van der Waals surface area contributed by atoms with Crippen LogP contribution in [0.15, 0.2) is 24.3 Å². The summed E-state index contributed by atoms with van der Waals surface area (Å²) in [7, 11) is 1.43. The molecule has 150 valence electrons. The number of halogens is 1. The second-order valence-electron chi connectivity index (χ2n) is 6.70. The molecule has 1 aromatic carbocycles. The summed E-state index contributed by atoms with van der Waals surface area (Å²) in [5.41, 5.74) is 7.65. The standard InChI is InChI=1S/C19H24FN5O3/c1-13-18(16(26)12-28-2)19(21)22-25(13)11-17(27)24-9-7-23(8-10-24)15-5-3-14(20)4-6-15/h3-6H,7-12H2,1-2H3,(H2,21,22). The molecule has 0 bridgehead atoms. The molecule has 0 atom stereocenters. The van der Waals surface area contributed by atoms with Gasteiger partial charge in [0.2, 0.25) is 5.91 Å². The number of carbonyl (C=O) groups is 2. The number of nitrogens with zero attached hydrogens (tertiary/aromatic N) is 4. The van der Waals surface area contributed by atoms with Crippen molar-refractivity contribution in [2.75, 3.05) is 50.5 Å². The van der Waals surface area contributed by atoms with Gasteiger partial charge in [-0.3, -0.25) is 14.3 Å². The molecule has 1 aliphatic rings. The van der Waals surface area contributed by atoms with E-state index in [4.69, 9.17) is 10.5 Å². The van der Waals surface area contributed by atoms with E-state index in [0.29, 0.717) is 37.4 Å². The molecule has 9 heteroatoms. The van der Waals surface area contributed by atoms with E-state index in [1.54, 1.807) is 24.0 Å². The van der Waals surface area contributed by atoms with Gasteiger partial charge in [0.15, 0.2) is 11.6 Å². The number of amides is 1. The molecular weight excluding hydrogens is 365 g/mol. The smallest absolute Gasteiger partial charge is 0.244 e. The van der Waals surface area contributed by atoms with E-state index in [1.807, 2.05) is 0 Å². The summed E-state index contributed by atoms with van der Waals surface area (Å²) < 4.78 is 19.4. The van der Waals surface area contributed by atoms with Crippen LogP contribution in [-0.4, -0.2) is 66.3 Å². The molecule has 0 radical (unpaired) electrons. The van der Waals surface area contributed by atoms with Gasteiger partial charge in [0.25, 0.3) is 0 Å². The Morgan fingerprint density at radius 3 is 2.43 bits per heavy atom. The number of rotatable bonds is 6. The first-order valence-corrected chi connectivity index (χ1v) is 9.04. The first-order valence-electron chi connectivity index (χ1n) is 9.04. The molecule has 0 unspecified atom stereocenters. The van der Waals surface area contributed by atoms with Crippen molar-refractivity contribution in [2.45, 2.75) is 13.5 Å². The zero-order chi connectivity index (χ0) is 20.3. The van der Waals surface area contributed by atoms with Crippen molar-refractivity contribution in [3.63, 3.8) is 0 Å². The number of nitrogens with two attached hydrogens (primary N) is 1. The molecule has 2 N–H and O–H groups in total. The van der Waals surface area contributed by atoms with Gasteiger partial charge in [0, 0.05) is 44.7 Å². The van der Waals surface area contributed by atoms with Crippen LogP contribution in [0, 0.1) is 12.7 Å². The van der Waals surface area contributed by atoms with Crippen LogP contribution in [0.2, 0.25) is 0 Å². The Hall–Kier alpha value is -2.94. The first-order chi connectivity index (χ1) is 13.4. The fourth-order valence-corrected chi connectivity index (χ4v) is 3.37.